The number of anilines is 2. The number of aryl methyl sites for hydroxylation is 4. The molecule has 0 aliphatic carbocycles. The number of methoxy groups -OCH3 is 3. The van der Waals surface area contributed by atoms with Gasteiger partial charge < -0.3 is 30.0 Å². The van der Waals surface area contributed by atoms with Crippen LogP contribution in [0.5, 0.6) is 17.2 Å². The van der Waals surface area contributed by atoms with Gasteiger partial charge in [-0.15, -0.1) is 0 Å². The van der Waals surface area contributed by atoms with E-state index in [0.29, 0.717) is 41.5 Å². The van der Waals surface area contributed by atoms with Crippen LogP contribution in [0.1, 0.15) is 78.0 Å². The first-order valence-corrected chi connectivity index (χ1v) is 66.4. The molecular weight excluding hydrogens is 2030 g/mol. The van der Waals surface area contributed by atoms with Crippen molar-refractivity contribution in [3.8, 4) is 17.2 Å². The Morgan fingerprint density at radius 2 is 0.829 bits per heavy atom. The zero-order valence-electron chi connectivity index (χ0n) is 63.4. The van der Waals surface area contributed by atoms with Gasteiger partial charge in [-0.1, -0.05) is 47.5 Å². The number of aromatic nitrogens is 12. The zero-order chi connectivity index (χ0) is 76.1. The van der Waals surface area contributed by atoms with Gasteiger partial charge in [0, 0.05) is 55.6 Å². The molecule has 11 heterocycles. The molecule has 564 valence electrons. The van der Waals surface area contributed by atoms with Crippen LogP contribution in [0.15, 0.2) is 97.1 Å². The van der Waals surface area contributed by atoms with Gasteiger partial charge in [0.05, 0.1) is 60.0 Å². The predicted molar refractivity (Wildman–Crippen MR) is 463 cm³/mol. The molecule has 0 bridgehead atoms. The molecule has 2 radical (unpaired) electrons. The number of pyridine rings is 4. The van der Waals surface area contributed by atoms with Gasteiger partial charge >= 0.3 is 252 Å². The van der Waals surface area contributed by atoms with Gasteiger partial charge in [0.1, 0.15) is 38.7 Å². The Hall–Kier alpha value is -3.85. The number of hydrogen-bond acceptors (Lipinski definition) is 17. The number of aromatic amines is 1. The molecule has 29 heteroatoms. The Balaban J connectivity index is 0.000000170. The van der Waals surface area contributed by atoms with Crippen molar-refractivity contribution in [1.82, 2.24) is 59.5 Å². The summed E-state index contributed by atoms with van der Waals surface area (Å²) < 4.78 is 42.0. The van der Waals surface area contributed by atoms with Crippen molar-refractivity contribution in [1.29, 1.82) is 0 Å². The molecule has 0 amide bonds. The molecule has 5 N–H and O–H groups in total. The second-order valence-corrected chi connectivity index (χ2v) is 63.3. The van der Waals surface area contributed by atoms with Crippen molar-refractivity contribution >= 4 is 208 Å². The van der Waals surface area contributed by atoms with Gasteiger partial charge in [0.2, 0.25) is 0 Å². The van der Waals surface area contributed by atoms with Crippen molar-refractivity contribution < 1.29 is 28.4 Å². The number of ether oxygens (including phenoxy) is 6. The quantitative estimate of drug-likeness (QED) is 0.0449. The Morgan fingerprint density at radius 3 is 1.21 bits per heavy atom. The number of rotatable bonds is 14. The van der Waals surface area contributed by atoms with Crippen molar-refractivity contribution in [3.63, 3.8) is 0 Å². The first kappa shape index (κ1) is 86.7. The third-order valence-electron chi connectivity index (χ3n) is 16.6. The van der Waals surface area contributed by atoms with Gasteiger partial charge in [0.15, 0.2) is 0 Å². The normalized spacial score (nSPS) is 14.2. The van der Waals surface area contributed by atoms with E-state index in [-0.39, 0.29) is 0 Å². The van der Waals surface area contributed by atoms with E-state index < -0.39 is 57.9 Å². The van der Waals surface area contributed by atoms with E-state index in [2.05, 4.69) is 201 Å². The Labute approximate surface area is 688 Å². The molecule has 0 atom stereocenters. The van der Waals surface area contributed by atoms with Crippen LogP contribution in [-0.4, -0.2) is 196 Å². The first-order valence-electron chi connectivity index (χ1n) is 35.3. The van der Waals surface area contributed by atoms with Crippen LogP contribution in [-0.2, 0) is 33.8 Å². The number of nitrogens with one attached hydrogen (secondary N) is 3. The fourth-order valence-electron chi connectivity index (χ4n) is 11.5. The first-order chi connectivity index (χ1) is 50.1. The number of H-pyrrole nitrogens is 1. The predicted octanol–water partition coefficient (Wildman–Crippen LogP) is 17.4. The summed E-state index contributed by atoms with van der Waals surface area (Å²) in [7, 11) is 5.04. The third-order valence-corrected chi connectivity index (χ3v) is 24.5. The molecule has 21 nitrogen and oxygen atoms in total. The fraction of sp³-hybridized carbons (Fsp3) is 0.447. The van der Waals surface area contributed by atoms with Crippen LogP contribution in [0.25, 0.3) is 43.6 Å². The second kappa shape index (κ2) is 42.5. The van der Waals surface area contributed by atoms with E-state index in [4.69, 9.17) is 77.5 Å². The summed E-state index contributed by atoms with van der Waals surface area (Å²) in [4.78, 5) is 39.6. The van der Waals surface area contributed by atoms with Crippen LogP contribution >= 0.6 is 91.0 Å². The Morgan fingerprint density at radius 1 is 0.495 bits per heavy atom. The Bertz CT molecular complexity index is 4530. The average molecular weight is 2130 g/mol. The molecule has 3 aliphatic heterocycles. The molecule has 3 fully saturated rings. The van der Waals surface area contributed by atoms with Crippen LogP contribution in [0.2, 0.25) is 54.8 Å². The number of hydrogen-bond donors (Lipinski definition) is 4. The maximum absolute atomic E-state index is 6.24. The van der Waals surface area contributed by atoms with Crippen LogP contribution in [0.3, 0.4) is 0 Å². The number of halogens is 5. The number of nitrogens with two attached hydrogens (primary N) is 1. The molecule has 0 spiro atoms. The summed E-state index contributed by atoms with van der Waals surface area (Å²) in [6.45, 7) is 15.0. The van der Waals surface area contributed by atoms with E-state index >= 15 is 0 Å². The summed E-state index contributed by atoms with van der Waals surface area (Å²) in [6.07, 6.45) is 6.14. The third kappa shape index (κ3) is 26.4. The second-order valence-electron chi connectivity index (χ2n) is 28.2. The van der Waals surface area contributed by atoms with E-state index in [9.17, 15) is 0 Å². The molecule has 0 unspecified atom stereocenters. The van der Waals surface area contributed by atoms with Crippen molar-refractivity contribution in [2.24, 2.45) is 5.73 Å². The summed E-state index contributed by atoms with van der Waals surface area (Å²) in [5.41, 5.74) is 17.1. The van der Waals surface area contributed by atoms with E-state index in [1.807, 2.05) is 86.1 Å². The van der Waals surface area contributed by atoms with Gasteiger partial charge in [-0.3, -0.25) is 14.5 Å². The minimum atomic E-state index is -2.49. The number of nitrogens with zero attached hydrogens (tertiary/aromatic N) is 11. The Kier molecular flexibility index (Phi) is 35.1. The summed E-state index contributed by atoms with van der Waals surface area (Å²) in [6, 6.07) is 33.8. The number of fused-ring (bicyclic) bond motifs is 4. The molecule has 14 rings (SSSR count). The van der Waals surface area contributed by atoms with Crippen LogP contribution in [0, 0.1) is 38.8 Å². The van der Waals surface area contributed by atoms with E-state index in [1.54, 1.807) is 21.3 Å². The molecule has 8 aromatic heterocycles. The van der Waals surface area contributed by atoms with Gasteiger partial charge in [0.25, 0.3) is 0 Å². The maximum atomic E-state index is 6.24. The van der Waals surface area contributed by atoms with Gasteiger partial charge in [-0.25, -0.2) is 15.0 Å². The van der Waals surface area contributed by atoms with Gasteiger partial charge in [-0.2, -0.15) is 15.3 Å². The topological polar surface area (TPSA) is 239 Å². The molecule has 0 saturated carbocycles. The van der Waals surface area contributed by atoms with Crippen molar-refractivity contribution in [2.75, 3.05) is 71.6 Å². The van der Waals surface area contributed by atoms with E-state index in [1.165, 1.54) is 25.7 Å². The molecule has 3 aliphatic rings. The van der Waals surface area contributed by atoms with E-state index in [0.717, 1.165) is 186 Å². The minimum absolute atomic E-state index is 0.400. The van der Waals surface area contributed by atoms with Crippen molar-refractivity contribution in [3.05, 3.63) is 158 Å². The molecule has 3 aromatic carbocycles. The monoisotopic (exact) mass is 2130 g/mol. The van der Waals surface area contributed by atoms with Gasteiger partial charge in [-0.05, 0) is 168 Å². The molecule has 3 saturated heterocycles. The summed E-state index contributed by atoms with van der Waals surface area (Å²) in [5, 5.41) is 34.0. The summed E-state index contributed by atoms with van der Waals surface area (Å²) >= 11 is 15.2. The molecule has 11 aromatic rings. The molecular formula is C76H102Cl2I3N15O6Sn3. The summed E-state index contributed by atoms with van der Waals surface area (Å²) in [5.74, 6) is 4.52. The SMILES string of the molecule is COc1ccc(Cn2n[c]([Sn]([CH3])([CH3])[CH3])c3c(NC4CCOCC4)nc(C)cc32)cc1.COc1ccc(Cn2nc(I)c3c(Cl)nc(C)cc32)cc1.COc1ccc(Cn2nc(I)c3c(NC4CCOCC4)nc(C)cc32)cc1.Cc1cc2n[nH]c(I)c2c(Cl)n1.NC1CCOCC1.[CH3][Sn]([CH3])[CH3].[CH3][Sn]([CH3])[CH3]. The molecule has 105 heavy (non-hydrogen) atoms. The fourth-order valence-corrected chi connectivity index (χ4v) is 18.7. The van der Waals surface area contributed by atoms with Crippen molar-refractivity contribution in [2.45, 2.75) is 148 Å². The zero-order valence-corrected chi connectivity index (χ0v) is 80.0. The average Bonchev–Trinajstić information content (AvgIpc) is 1.65. The van der Waals surface area contributed by atoms with Crippen LogP contribution < -0.4 is 34.3 Å². The standard InChI is InChI=1S/C20H23IN4O2.C20H23N4O2.C15H13ClIN3O.C7H5ClIN3.C5H11NO.9CH3.3Sn/c1-13-11-17-18(20(22-13)23-15-7-9-27-10-8-15)19(21)24-25(17)12-14-3-5-16(26-2)6-4-14;1-14-11-19-18(20(22-14)23-16-7-9-26-10-8-16)12-21-24(19)13-15-3-5-17(25-2)6-4-15;1-9-7-12-13(14(16)18-9)15(17)19-20(12)8-10-3-5-11(21-2)6-4-10;1-3-2-4-5(6(8)10-3)7(9)12-11-4;6-5-1-3-7-4-2-5;;;;;;;;;;;;/h3-6,11,15H,7-10,12H2,1-2H3,(H,22,23);3-6,11,16H,7-10,13H2,1-2H3,(H,22,23);3-7H,8H2,1-2H3;2H,1H3,(H,11,12);5H,1-4,6H2;9*1H3;;;. The number of benzene rings is 3. The van der Waals surface area contributed by atoms with Crippen LogP contribution in [0.4, 0.5) is 11.6 Å².